The molecule has 2 aromatic rings. The molecule has 1 aliphatic heterocycles. The van der Waals surface area contributed by atoms with E-state index in [4.69, 9.17) is 4.42 Å². The van der Waals surface area contributed by atoms with Gasteiger partial charge in [-0.15, -0.1) is 0 Å². The van der Waals surface area contributed by atoms with Gasteiger partial charge in [0.15, 0.2) is 0 Å². The van der Waals surface area contributed by atoms with Crippen molar-refractivity contribution in [3.05, 3.63) is 35.6 Å². The molecule has 3 rings (SSSR count). The molecule has 1 aromatic carbocycles. The van der Waals surface area contributed by atoms with Gasteiger partial charge in [0.2, 0.25) is 0 Å². The maximum absolute atomic E-state index is 5.80. The minimum Gasteiger partial charge on any atom is -0.461 e. The Bertz CT molecular complexity index is 543. The summed E-state index contributed by atoms with van der Waals surface area (Å²) in [6.07, 6.45) is 2.73. The molecule has 3 heteroatoms. The molecule has 0 saturated carbocycles. The number of fused-ring (bicyclic) bond motifs is 1. The molecule has 0 aliphatic carbocycles. The van der Waals surface area contributed by atoms with Crippen molar-refractivity contribution in [2.75, 3.05) is 18.1 Å². The fraction of sp³-hybridized carbons (Fsp3) is 0.500. The molecule has 0 atom stereocenters. The van der Waals surface area contributed by atoms with Crippen molar-refractivity contribution >= 4 is 22.7 Å². The lowest BCUT2D eigenvalue weighted by Gasteiger charge is -2.21. The van der Waals surface area contributed by atoms with Crippen LogP contribution in [0.25, 0.3) is 11.0 Å². The van der Waals surface area contributed by atoms with Crippen LogP contribution in [-0.2, 0) is 6.54 Å². The highest BCUT2D eigenvalue weighted by Crippen LogP contribution is 2.25. The summed E-state index contributed by atoms with van der Waals surface area (Å²) in [6, 6.07) is 8.31. The van der Waals surface area contributed by atoms with Crippen LogP contribution in [0.5, 0.6) is 0 Å². The molecule has 2 nitrogen and oxygen atoms in total. The minimum absolute atomic E-state index is 0.861. The molecule has 0 unspecified atom stereocenters. The van der Waals surface area contributed by atoms with Crippen molar-refractivity contribution < 1.29 is 4.42 Å². The first-order valence-electron chi connectivity index (χ1n) is 7.10. The molecule has 1 aliphatic rings. The van der Waals surface area contributed by atoms with Gasteiger partial charge in [-0.1, -0.05) is 18.2 Å². The second kappa shape index (κ2) is 6.02. The smallest absolute Gasteiger partial charge is 0.134 e. The van der Waals surface area contributed by atoms with Crippen molar-refractivity contribution in [2.45, 2.75) is 26.3 Å². The lowest BCUT2D eigenvalue weighted by molar-refractivity contribution is 0.446. The third-order valence-corrected chi connectivity index (χ3v) is 5.02. The maximum atomic E-state index is 5.80. The molecular formula is C16H21NOS. The van der Waals surface area contributed by atoms with Crippen molar-refractivity contribution in [1.29, 1.82) is 0 Å². The van der Waals surface area contributed by atoms with E-state index < -0.39 is 0 Å². The summed E-state index contributed by atoms with van der Waals surface area (Å²) in [6.45, 7) is 4.13. The van der Waals surface area contributed by atoms with Crippen LogP contribution >= 0.6 is 11.8 Å². The van der Waals surface area contributed by atoms with Gasteiger partial charge in [0.05, 0.1) is 0 Å². The summed E-state index contributed by atoms with van der Waals surface area (Å²) in [7, 11) is 0. The number of thioether (sulfide) groups is 1. The van der Waals surface area contributed by atoms with Gasteiger partial charge in [-0.05, 0) is 49.8 Å². The summed E-state index contributed by atoms with van der Waals surface area (Å²) >= 11 is 2.09. The summed E-state index contributed by atoms with van der Waals surface area (Å²) in [5.41, 5.74) is 2.33. The van der Waals surface area contributed by atoms with E-state index in [0.29, 0.717) is 0 Å². The van der Waals surface area contributed by atoms with Gasteiger partial charge >= 0.3 is 0 Å². The Labute approximate surface area is 118 Å². The highest BCUT2D eigenvalue weighted by molar-refractivity contribution is 7.99. The SMILES string of the molecule is Cc1oc2ccccc2c1CNCC1CCSCC1. The van der Waals surface area contributed by atoms with Crippen LogP contribution < -0.4 is 5.32 Å². The summed E-state index contributed by atoms with van der Waals surface area (Å²) < 4.78 is 5.80. The third kappa shape index (κ3) is 2.98. The van der Waals surface area contributed by atoms with E-state index in [-0.39, 0.29) is 0 Å². The third-order valence-electron chi connectivity index (χ3n) is 3.98. The second-order valence-electron chi connectivity index (χ2n) is 5.32. The molecule has 0 amide bonds. The van der Waals surface area contributed by atoms with Gasteiger partial charge in [0.25, 0.3) is 0 Å². The fourth-order valence-electron chi connectivity index (χ4n) is 2.79. The van der Waals surface area contributed by atoms with Crippen LogP contribution in [-0.4, -0.2) is 18.1 Å². The van der Waals surface area contributed by atoms with Gasteiger partial charge in [-0.25, -0.2) is 0 Å². The normalized spacial score (nSPS) is 17.1. The number of aryl methyl sites for hydroxylation is 1. The summed E-state index contributed by atoms with van der Waals surface area (Å²) in [5.74, 6) is 4.58. The van der Waals surface area contributed by atoms with Crippen LogP contribution in [0.15, 0.2) is 28.7 Å². The predicted molar refractivity (Wildman–Crippen MR) is 82.7 cm³/mol. The molecule has 1 aromatic heterocycles. The number of para-hydroxylation sites is 1. The van der Waals surface area contributed by atoms with Crippen molar-refractivity contribution in [1.82, 2.24) is 5.32 Å². The van der Waals surface area contributed by atoms with E-state index in [1.54, 1.807) is 0 Å². The highest BCUT2D eigenvalue weighted by Gasteiger charge is 2.14. The Hall–Kier alpha value is -0.930. The monoisotopic (exact) mass is 275 g/mol. The van der Waals surface area contributed by atoms with Crippen molar-refractivity contribution in [2.24, 2.45) is 5.92 Å². The van der Waals surface area contributed by atoms with E-state index in [0.717, 1.165) is 30.4 Å². The molecular weight excluding hydrogens is 254 g/mol. The van der Waals surface area contributed by atoms with Gasteiger partial charge in [-0.2, -0.15) is 11.8 Å². The van der Waals surface area contributed by atoms with Crippen LogP contribution in [0.2, 0.25) is 0 Å². The molecule has 102 valence electrons. The zero-order chi connectivity index (χ0) is 13.1. The molecule has 1 N–H and O–H groups in total. The zero-order valence-electron chi connectivity index (χ0n) is 11.4. The maximum Gasteiger partial charge on any atom is 0.134 e. The topological polar surface area (TPSA) is 25.2 Å². The van der Waals surface area contributed by atoms with Crippen LogP contribution in [0.1, 0.15) is 24.2 Å². The largest absolute Gasteiger partial charge is 0.461 e. The first kappa shape index (κ1) is 13.1. The standard InChI is InChI=1S/C16H21NOS/c1-12-15(14-4-2-3-5-16(14)18-12)11-17-10-13-6-8-19-9-7-13/h2-5,13,17H,6-11H2,1H3. The Kier molecular flexibility index (Phi) is 4.14. The number of hydrogen-bond donors (Lipinski definition) is 1. The average Bonchev–Trinajstić information content (AvgIpc) is 2.76. The van der Waals surface area contributed by atoms with E-state index in [1.165, 1.54) is 35.3 Å². The molecule has 1 fully saturated rings. The van der Waals surface area contributed by atoms with Gasteiger partial charge in [0.1, 0.15) is 11.3 Å². The first-order valence-corrected chi connectivity index (χ1v) is 8.25. The van der Waals surface area contributed by atoms with Gasteiger partial charge in [0, 0.05) is 17.5 Å². The number of nitrogens with one attached hydrogen (secondary N) is 1. The lowest BCUT2D eigenvalue weighted by atomic mass is 10.0. The second-order valence-corrected chi connectivity index (χ2v) is 6.54. The zero-order valence-corrected chi connectivity index (χ0v) is 12.3. The number of rotatable bonds is 4. The van der Waals surface area contributed by atoms with Gasteiger partial charge in [-0.3, -0.25) is 0 Å². The predicted octanol–water partition coefficient (Wildman–Crippen LogP) is 3.97. The fourth-order valence-corrected chi connectivity index (χ4v) is 4.00. The quantitative estimate of drug-likeness (QED) is 0.914. The van der Waals surface area contributed by atoms with Gasteiger partial charge < -0.3 is 9.73 Å². The summed E-state index contributed by atoms with van der Waals surface area (Å²) in [5, 5.41) is 4.88. The average molecular weight is 275 g/mol. The van der Waals surface area contributed by atoms with Crippen molar-refractivity contribution in [3.8, 4) is 0 Å². The number of benzene rings is 1. The first-order chi connectivity index (χ1) is 9.34. The minimum atomic E-state index is 0.861. The number of furan rings is 1. The Morgan fingerprint density at radius 1 is 1.26 bits per heavy atom. The molecule has 19 heavy (non-hydrogen) atoms. The van der Waals surface area contributed by atoms with E-state index >= 15 is 0 Å². The Balaban J connectivity index is 1.63. The molecule has 0 radical (unpaired) electrons. The van der Waals surface area contributed by atoms with Crippen LogP contribution in [0, 0.1) is 12.8 Å². The van der Waals surface area contributed by atoms with Crippen LogP contribution in [0.3, 0.4) is 0 Å². The van der Waals surface area contributed by atoms with Crippen LogP contribution in [0.4, 0.5) is 0 Å². The van der Waals surface area contributed by atoms with E-state index in [1.807, 2.05) is 12.1 Å². The molecule has 0 bridgehead atoms. The highest BCUT2D eigenvalue weighted by atomic mass is 32.2. The Morgan fingerprint density at radius 3 is 2.89 bits per heavy atom. The van der Waals surface area contributed by atoms with E-state index in [9.17, 15) is 0 Å². The molecule has 1 saturated heterocycles. The van der Waals surface area contributed by atoms with E-state index in [2.05, 4.69) is 36.1 Å². The lowest BCUT2D eigenvalue weighted by Crippen LogP contribution is -2.25. The molecule has 2 heterocycles. The summed E-state index contributed by atoms with van der Waals surface area (Å²) in [4.78, 5) is 0. The Morgan fingerprint density at radius 2 is 2.05 bits per heavy atom. The number of hydrogen-bond acceptors (Lipinski definition) is 3. The molecule has 0 spiro atoms. The van der Waals surface area contributed by atoms with Crippen molar-refractivity contribution in [3.63, 3.8) is 0 Å².